The Morgan fingerprint density at radius 1 is 1.09 bits per heavy atom. The first-order valence-corrected chi connectivity index (χ1v) is 8.33. The van der Waals surface area contributed by atoms with E-state index in [-0.39, 0.29) is 18.0 Å². The third-order valence-corrected chi connectivity index (χ3v) is 4.54. The Hall–Kier alpha value is -2.05. The monoisotopic (exact) mass is 321 g/mol. The molecule has 0 amide bonds. The molecule has 0 saturated carbocycles. The Bertz CT molecular complexity index is 714. The van der Waals surface area contributed by atoms with E-state index in [0.29, 0.717) is 11.5 Å². The van der Waals surface area contributed by atoms with Crippen LogP contribution < -0.4 is 14.2 Å². The highest BCUT2D eigenvalue weighted by Crippen LogP contribution is 2.21. The Labute approximate surface area is 130 Å². The summed E-state index contributed by atoms with van der Waals surface area (Å²) in [6, 6.07) is 14.0. The molecule has 0 bridgehead atoms. The third-order valence-electron chi connectivity index (χ3n) is 3.08. The molecule has 0 heterocycles. The maximum absolute atomic E-state index is 12.2. The second kappa shape index (κ2) is 7.29. The largest absolute Gasteiger partial charge is 0.496 e. The molecule has 2 rings (SSSR count). The number of ether oxygens (including phenoxy) is 2. The minimum absolute atomic E-state index is 0.197. The van der Waals surface area contributed by atoms with Gasteiger partial charge in [0.2, 0.25) is 10.0 Å². The molecular formula is C16H19NO4S. The summed E-state index contributed by atoms with van der Waals surface area (Å²) in [5, 5.41) is 0. The number of benzene rings is 2. The maximum Gasteiger partial charge on any atom is 0.240 e. The first-order valence-electron chi connectivity index (χ1n) is 6.85. The number of nitrogens with one attached hydrogen (secondary N) is 1. The smallest absolute Gasteiger partial charge is 0.240 e. The fraction of sp³-hybridized carbons (Fsp3) is 0.250. The van der Waals surface area contributed by atoms with Crippen molar-refractivity contribution in [1.82, 2.24) is 4.72 Å². The standard InChI is InChI=1S/C16H19NO4S/c1-13-12-15(8-9-16(13)20-2)22(18,19)17-10-11-21-14-6-4-3-5-7-14/h3-9,12,17H,10-11H2,1-2H3. The quantitative estimate of drug-likeness (QED) is 0.795. The Morgan fingerprint density at radius 2 is 1.82 bits per heavy atom. The van der Waals surface area contributed by atoms with Gasteiger partial charge in [0.15, 0.2) is 0 Å². The molecule has 0 aliphatic rings. The number of hydrogen-bond acceptors (Lipinski definition) is 4. The lowest BCUT2D eigenvalue weighted by molar-refractivity contribution is 0.323. The molecule has 0 aliphatic heterocycles. The lowest BCUT2D eigenvalue weighted by Crippen LogP contribution is -2.28. The van der Waals surface area contributed by atoms with Crippen LogP contribution in [0.4, 0.5) is 0 Å². The van der Waals surface area contributed by atoms with E-state index in [2.05, 4.69) is 4.72 Å². The fourth-order valence-electron chi connectivity index (χ4n) is 1.96. The van der Waals surface area contributed by atoms with E-state index in [4.69, 9.17) is 9.47 Å². The maximum atomic E-state index is 12.2. The zero-order chi connectivity index (χ0) is 16.0. The molecule has 0 saturated heterocycles. The first-order chi connectivity index (χ1) is 10.5. The van der Waals surface area contributed by atoms with Crippen LogP contribution in [-0.4, -0.2) is 28.7 Å². The Balaban J connectivity index is 1.92. The summed E-state index contributed by atoms with van der Waals surface area (Å²) in [4.78, 5) is 0.213. The molecule has 22 heavy (non-hydrogen) atoms. The van der Waals surface area contributed by atoms with Crippen molar-refractivity contribution in [2.75, 3.05) is 20.3 Å². The summed E-state index contributed by atoms with van der Waals surface area (Å²) in [6.07, 6.45) is 0. The number of rotatable bonds is 7. The van der Waals surface area contributed by atoms with Crippen LogP contribution in [0.25, 0.3) is 0 Å². The highest BCUT2D eigenvalue weighted by Gasteiger charge is 2.14. The topological polar surface area (TPSA) is 64.6 Å². The highest BCUT2D eigenvalue weighted by atomic mass is 32.2. The molecule has 2 aromatic rings. The van der Waals surface area contributed by atoms with Crippen molar-refractivity contribution in [1.29, 1.82) is 0 Å². The van der Waals surface area contributed by atoms with E-state index < -0.39 is 10.0 Å². The van der Waals surface area contributed by atoms with Gasteiger partial charge in [-0.05, 0) is 42.8 Å². The molecule has 0 unspecified atom stereocenters. The van der Waals surface area contributed by atoms with Gasteiger partial charge in [-0.1, -0.05) is 18.2 Å². The Kier molecular flexibility index (Phi) is 5.41. The van der Waals surface area contributed by atoms with Gasteiger partial charge in [0.05, 0.1) is 12.0 Å². The third kappa shape index (κ3) is 4.22. The minimum atomic E-state index is -3.55. The van der Waals surface area contributed by atoms with Crippen LogP contribution in [0.2, 0.25) is 0 Å². The molecular weight excluding hydrogens is 302 g/mol. The predicted octanol–water partition coefficient (Wildman–Crippen LogP) is 2.36. The second-order valence-corrected chi connectivity index (χ2v) is 6.46. The van der Waals surface area contributed by atoms with Crippen molar-refractivity contribution in [3.8, 4) is 11.5 Å². The lowest BCUT2D eigenvalue weighted by Gasteiger charge is -2.10. The summed E-state index contributed by atoms with van der Waals surface area (Å²) in [5.74, 6) is 1.37. The number of aryl methyl sites for hydroxylation is 1. The zero-order valence-electron chi connectivity index (χ0n) is 12.6. The molecule has 0 spiro atoms. The van der Waals surface area contributed by atoms with E-state index >= 15 is 0 Å². The molecule has 5 nitrogen and oxygen atoms in total. The molecule has 0 aromatic heterocycles. The van der Waals surface area contributed by atoms with E-state index in [0.717, 1.165) is 5.56 Å². The van der Waals surface area contributed by atoms with Crippen molar-refractivity contribution >= 4 is 10.0 Å². The summed E-state index contributed by atoms with van der Waals surface area (Å²) in [7, 11) is -2.00. The van der Waals surface area contributed by atoms with Crippen molar-refractivity contribution < 1.29 is 17.9 Å². The van der Waals surface area contributed by atoms with E-state index in [1.807, 2.05) is 30.3 Å². The van der Waals surface area contributed by atoms with Crippen molar-refractivity contribution in [3.05, 3.63) is 54.1 Å². The van der Waals surface area contributed by atoms with Gasteiger partial charge in [-0.3, -0.25) is 0 Å². The Morgan fingerprint density at radius 3 is 2.45 bits per heavy atom. The molecule has 0 radical (unpaired) electrons. The van der Waals surface area contributed by atoms with Crippen molar-refractivity contribution in [2.24, 2.45) is 0 Å². The highest BCUT2D eigenvalue weighted by molar-refractivity contribution is 7.89. The number of methoxy groups -OCH3 is 1. The zero-order valence-corrected chi connectivity index (χ0v) is 13.4. The van der Waals surface area contributed by atoms with Gasteiger partial charge >= 0.3 is 0 Å². The van der Waals surface area contributed by atoms with Crippen LogP contribution in [0, 0.1) is 6.92 Å². The van der Waals surface area contributed by atoms with Crippen LogP contribution in [0.1, 0.15) is 5.56 Å². The van der Waals surface area contributed by atoms with E-state index in [1.54, 1.807) is 26.2 Å². The van der Waals surface area contributed by atoms with Gasteiger partial charge < -0.3 is 9.47 Å². The first kappa shape index (κ1) is 16.3. The average molecular weight is 321 g/mol. The molecule has 1 N–H and O–H groups in total. The van der Waals surface area contributed by atoms with Gasteiger partial charge in [-0.2, -0.15) is 0 Å². The molecule has 2 aromatic carbocycles. The minimum Gasteiger partial charge on any atom is -0.496 e. The lowest BCUT2D eigenvalue weighted by atomic mass is 10.2. The molecule has 0 atom stereocenters. The van der Waals surface area contributed by atoms with Gasteiger partial charge in [-0.25, -0.2) is 13.1 Å². The predicted molar refractivity (Wildman–Crippen MR) is 84.9 cm³/mol. The van der Waals surface area contributed by atoms with Crippen LogP contribution >= 0.6 is 0 Å². The average Bonchev–Trinajstić information content (AvgIpc) is 2.52. The molecule has 0 fully saturated rings. The summed E-state index contributed by atoms with van der Waals surface area (Å²) < 4.78 is 37.5. The van der Waals surface area contributed by atoms with Gasteiger partial charge in [0, 0.05) is 6.54 Å². The van der Waals surface area contributed by atoms with Crippen LogP contribution in [0.15, 0.2) is 53.4 Å². The van der Waals surface area contributed by atoms with Crippen molar-refractivity contribution in [2.45, 2.75) is 11.8 Å². The van der Waals surface area contributed by atoms with Gasteiger partial charge in [-0.15, -0.1) is 0 Å². The van der Waals surface area contributed by atoms with Crippen LogP contribution in [0.3, 0.4) is 0 Å². The molecule has 0 aliphatic carbocycles. The van der Waals surface area contributed by atoms with Crippen LogP contribution in [0.5, 0.6) is 11.5 Å². The van der Waals surface area contributed by atoms with Gasteiger partial charge in [0.25, 0.3) is 0 Å². The number of sulfonamides is 1. The van der Waals surface area contributed by atoms with E-state index in [9.17, 15) is 8.42 Å². The number of para-hydroxylation sites is 1. The number of hydrogen-bond donors (Lipinski definition) is 1. The van der Waals surface area contributed by atoms with Crippen LogP contribution in [-0.2, 0) is 10.0 Å². The van der Waals surface area contributed by atoms with Crippen molar-refractivity contribution in [3.63, 3.8) is 0 Å². The molecule has 118 valence electrons. The fourth-order valence-corrected chi connectivity index (χ4v) is 3.06. The summed E-state index contributed by atoms with van der Waals surface area (Å²) in [5.41, 5.74) is 0.769. The summed E-state index contributed by atoms with van der Waals surface area (Å²) >= 11 is 0. The van der Waals surface area contributed by atoms with Gasteiger partial charge in [0.1, 0.15) is 18.1 Å². The van der Waals surface area contributed by atoms with E-state index in [1.165, 1.54) is 6.07 Å². The normalized spacial score (nSPS) is 11.2. The summed E-state index contributed by atoms with van der Waals surface area (Å²) in [6.45, 7) is 2.26. The molecule has 6 heteroatoms. The second-order valence-electron chi connectivity index (χ2n) is 4.69. The SMILES string of the molecule is COc1ccc(S(=O)(=O)NCCOc2ccccc2)cc1C.